The molecule has 2 aromatic heterocycles. The second-order valence-electron chi connectivity index (χ2n) is 7.03. The number of nitrogens with zero attached hydrogens (tertiary/aromatic N) is 3. The minimum absolute atomic E-state index is 0.792. The summed E-state index contributed by atoms with van der Waals surface area (Å²) in [6, 6.07) is 18.9. The molecule has 0 spiro atoms. The third-order valence-electron chi connectivity index (χ3n) is 4.98. The third kappa shape index (κ3) is 3.58. The van der Waals surface area contributed by atoms with E-state index in [4.69, 9.17) is 9.97 Å². The van der Waals surface area contributed by atoms with Gasteiger partial charge in [-0.3, -0.25) is 0 Å². The van der Waals surface area contributed by atoms with Crippen molar-refractivity contribution in [2.45, 2.75) is 39.7 Å². The average Bonchev–Trinajstić information content (AvgIpc) is 3.10. The summed E-state index contributed by atoms with van der Waals surface area (Å²) in [5.41, 5.74) is 10.8. The highest BCUT2D eigenvalue weighted by atomic mass is 15.4. The Morgan fingerprint density at radius 1 is 0.929 bits per heavy atom. The van der Waals surface area contributed by atoms with E-state index < -0.39 is 0 Å². The van der Waals surface area contributed by atoms with Gasteiger partial charge < -0.3 is 9.99 Å². The molecule has 4 rings (SSSR count). The van der Waals surface area contributed by atoms with Crippen molar-refractivity contribution in [1.82, 2.24) is 20.0 Å². The molecule has 0 saturated carbocycles. The second-order valence-corrected chi connectivity index (χ2v) is 7.03. The number of aryl methyl sites for hydroxylation is 1. The van der Waals surface area contributed by atoms with Gasteiger partial charge in [0.25, 0.3) is 0 Å². The molecule has 5 nitrogen and oxygen atoms in total. The largest absolute Gasteiger partial charge is 0.323 e. The molecule has 2 N–H and O–H groups in total. The molecule has 2 aromatic carbocycles. The molecule has 4 aromatic rings. The van der Waals surface area contributed by atoms with Crippen LogP contribution in [0.4, 0.5) is 5.82 Å². The number of hydrazine groups is 1. The smallest absolute Gasteiger partial charge is 0.169 e. The minimum atomic E-state index is 0.792. The maximum Gasteiger partial charge on any atom is 0.169 e. The van der Waals surface area contributed by atoms with E-state index in [0.29, 0.717) is 0 Å². The first-order chi connectivity index (χ1) is 13.8. The van der Waals surface area contributed by atoms with Gasteiger partial charge in [-0.2, -0.15) is 0 Å². The molecule has 0 aliphatic carbocycles. The quantitative estimate of drug-likeness (QED) is 0.431. The monoisotopic (exact) mass is 373 g/mol. The van der Waals surface area contributed by atoms with Gasteiger partial charge in [-0.25, -0.2) is 15.4 Å². The summed E-state index contributed by atoms with van der Waals surface area (Å²) < 4.78 is 2.38. The van der Waals surface area contributed by atoms with Crippen LogP contribution in [-0.4, -0.2) is 21.1 Å². The maximum atomic E-state index is 5.05. The Balaban J connectivity index is 1.96. The number of para-hydroxylation sites is 1. The Hall–Kier alpha value is -2.92. The van der Waals surface area contributed by atoms with Gasteiger partial charge in [0.15, 0.2) is 5.82 Å². The lowest BCUT2D eigenvalue weighted by Gasteiger charge is -2.12. The van der Waals surface area contributed by atoms with E-state index in [1.54, 1.807) is 0 Å². The van der Waals surface area contributed by atoms with Gasteiger partial charge in [0.2, 0.25) is 0 Å². The molecule has 0 bridgehead atoms. The van der Waals surface area contributed by atoms with Crippen LogP contribution >= 0.6 is 0 Å². The molecule has 5 heteroatoms. The van der Waals surface area contributed by atoms with Crippen LogP contribution < -0.4 is 10.9 Å². The highest BCUT2D eigenvalue weighted by Crippen LogP contribution is 2.31. The lowest BCUT2D eigenvalue weighted by Crippen LogP contribution is -2.21. The van der Waals surface area contributed by atoms with Crippen molar-refractivity contribution in [1.29, 1.82) is 0 Å². The summed E-state index contributed by atoms with van der Waals surface area (Å²) in [5, 5.41) is 1.14. The predicted octanol–water partition coefficient (Wildman–Crippen LogP) is 4.91. The van der Waals surface area contributed by atoms with Crippen LogP contribution in [0.1, 0.15) is 38.1 Å². The summed E-state index contributed by atoms with van der Waals surface area (Å²) >= 11 is 0. The topological polar surface area (TPSA) is 54.8 Å². The fourth-order valence-electron chi connectivity index (χ4n) is 3.60. The van der Waals surface area contributed by atoms with E-state index in [9.17, 15) is 0 Å². The van der Waals surface area contributed by atoms with Crippen LogP contribution in [0.5, 0.6) is 0 Å². The molecule has 0 unspecified atom stereocenters. The summed E-state index contributed by atoms with van der Waals surface area (Å²) in [5.74, 6) is 1.92. The van der Waals surface area contributed by atoms with E-state index in [1.807, 2.05) is 6.07 Å². The number of hydrogen-bond donors (Lipinski definition) is 2. The molecule has 0 aliphatic heterocycles. The minimum Gasteiger partial charge on any atom is -0.323 e. The lowest BCUT2D eigenvalue weighted by atomic mass is 10.1. The van der Waals surface area contributed by atoms with E-state index in [1.165, 1.54) is 5.56 Å². The number of rotatable bonds is 8. The highest BCUT2D eigenvalue weighted by Gasteiger charge is 2.18. The zero-order valence-corrected chi connectivity index (χ0v) is 16.6. The summed E-state index contributed by atoms with van der Waals surface area (Å²) in [6.07, 6.45) is 3.24. The zero-order valence-electron chi connectivity index (χ0n) is 16.6. The average molecular weight is 374 g/mol. The van der Waals surface area contributed by atoms with Crippen molar-refractivity contribution in [3.63, 3.8) is 0 Å². The summed E-state index contributed by atoms with van der Waals surface area (Å²) in [4.78, 5) is 9.88. The molecular formula is C23H27N5. The Morgan fingerprint density at radius 2 is 1.71 bits per heavy atom. The molecular weight excluding hydrogens is 346 g/mol. The number of unbranched alkanes of at least 4 members (excludes halogenated alkanes) is 1. The van der Waals surface area contributed by atoms with Gasteiger partial charge in [0.1, 0.15) is 11.3 Å². The molecule has 144 valence electrons. The Bertz CT molecular complexity index is 1070. The van der Waals surface area contributed by atoms with Crippen molar-refractivity contribution in [2.24, 2.45) is 0 Å². The van der Waals surface area contributed by atoms with Crippen LogP contribution in [0, 0.1) is 0 Å². The molecule has 0 atom stereocenters. The predicted molar refractivity (Wildman–Crippen MR) is 116 cm³/mol. The SMILES string of the molecule is CCCCc1nc2c(NNCC)nc3ccccc3c2n1Cc1ccccc1. The number of imidazole rings is 1. The molecule has 0 radical (unpaired) electrons. The molecule has 0 saturated heterocycles. The van der Waals surface area contributed by atoms with Gasteiger partial charge in [-0.15, -0.1) is 0 Å². The van der Waals surface area contributed by atoms with Crippen LogP contribution in [0.15, 0.2) is 54.6 Å². The van der Waals surface area contributed by atoms with Gasteiger partial charge in [-0.05, 0) is 18.1 Å². The van der Waals surface area contributed by atoms with E-state index in [0.717, 1.165) is 65.9 Å². The number of benzene rings is 2. The molecule has 0 amide bonds. The second kappa shape index (κ2) is 8.40. The molecule has 0 fully saturated rings. The van der Waals surface area contributed by atoms with Gasteiger partial charge in [0.05, 0.1) is 11.0 Å². The van der Waals surface area contributed by atoms with Crippen LogP contribution in [-0.2, 0) is 13.0 Å². The van der Waals surface area contributed by atoms with E-state index >= 15 is 0 Å². The zero-order chi connectivity index (χ0) is 19.3. The van der Waals surface area contributed by atoms with Crippen LogP contribution in [0.2, 0.25) is 0 Å². The Labute approximate surface area is 165 Å². The Kier molecular flexibility index (Phi) is 5.53. The van der Waals surface area contributed by atoms with Crippen LogP contribution in [0.3, 0.4) is 0 Å². The number of pyridine rings is 1. The molecule has 28 heavy (non-hydrogen) atoms. The number of hydrogen-bond acceptors (Lipinski definition) is 4. The number of nitrogens with one attached hydrogen (secondary N) is 2. The number of fused-ring (bicyclic) bond motifs is 3. The normalized spacial score (nSPS) is 11.4. The first-order valence-electron chi connectivity index (χ1n) is 10.1. The summed E-state index contributed by atoms with van der Waals surface area (Å²) in [6.45, 7) is 5.90. The van der Waals surface area contributed by atoms with E-state index in [2.05, 4.69) is 77.8 Å². The van der Waals surface area contributed by atoms with Crippen LogP contribution in [0.25, 0.3) is 21.9 Å². The van der Waals surface area contributed by atoms with Crippen molar-refractivity contribution in [3.05, 3.63) is 66.0 Å². The lowest BCUT2D eigenvalue weighted by molar-refractivity contribution is 0.690. The summed E-state index contributed by atoms with van der Waals surface area (Å²) in [7, 11) is 0. The van der Waals surface area contributed by atoms with Gasteiger partial charge in [-0.1, -0.05) is 68.8 Å². The Morgan fingerprint density at radius 3 is 2.50 bits per heavy atom. The fraction of sp³-hybridized carbons (Fsp3) is 0.304. The maximum absolute atomic E-state index is 5.05. The molecule has 0 aliphatic rings. The first-order valence-corrected chi connectivity index (χ1v) is 10.1. The third-order valence-corrected chi connectivity index (χ3v) is 4.98. The fourth-order valence-corrected chi connectivity index (χ4v) is 3.60. The van der Waals surface area contributed by atoms with E-state index in [-0.39, 0.29) is 0 Å². The standard InChI is InChI=1S/C23H27N5/c1-3-5-15-20-26-21-22(28(20)16-17-11-7-6-8-12-17)18-13-9-10-14-19(18)25-23(21)27-24-4-2/h6-14,24H,3-5,15-16H2,1-2H3,(H,25,27). The van der Waals surface area contributed by atoms with Crippen molar-refractivity contribution >= 4 is 27.8 Å². The molecule has 2 heterocycles. The van der Waals surface area contributed by atoms with Gasteiger partial charge >= 0.3 is 0 Å². The number of anilines is 1. The van der Waals surface area contributed by atoms with Crippen molar-refractivity contribution < 1.29 is 0 Å². The van der Waals surface area contributed by atoms with Gasteiger partial charge in [0, 0.05) is 24.9 Å². The van der Waals surface area contributed by atoms with Crippen molar-refractivity contribution in [3.8, 4) is 0 Å². The van der Waals surface area contributed by atoms with Crippen molar-refractivity contribution in [2.75, 3.05) is 12.0 Å². The highest BCUT2D eigenvalue weighted by molar-refractivity contribution is 6.07. The number of aromatic nitrogens is 3. The first kappa shape index (κ1) is 18.4.